The summed E-state index contributed by atoms with van der Waals surface area (Å²) in [6, 6.07) is 0.158. The van der Waals surface area contributed by atoms with Gasteiger partial charge in [0.25, 0.3) is 0 Å². The van der Waals surface area contributed by atoms with Gasteiger partial charge in [0.2, 0.25) is 0 Å². The minimum Gasteiger partial charge on any atom is -0.392 e. The number of likely N-dealkylation sites (N-methyl/N-ethyl adjacent to an activating group) is 1. The molecule has 7 nitrogen and oxygen atoms in total. The Morgan fingerprint density at radius 3 is 2.96 bits per heavy atom. The second-order valence-electron chi connectivity index (χ2n) is 7.48. The van der Waals surface area contributed by atoms with Crippen molar-refractivity contribution in [3.05, 3.63) is 0 Å². The molecule has 3 saturated heterocycles. The molecule has 1 saturated carbocycles. The highest BCUT2D eigenvalue weighted by atomic mass is 16.7. The quantitative estimate of drug-likeness (QED) is 0.749. The van der Waals surface area contributed by atoms with Crippen LogP contribution in [0.4, 0.5) is 0 Å². The zero-order valence-corrected chi connectivity index (χ0v) is 13.3. The number of ether oxygens (including phenoxy) is 2. The molecule has 5 aliphatic rings. The van der Waals surface area contributed by atoms with Gasteiger partial charge in [-0.25, -0.2) is 0 Å². The van der Waals surface area contributed by atoms with Crippen LogP contribution in [0.2, 0.25) is 0 Å². The standard InChI is InChI=1S/C16H24N2O5/c1-18-14-8(7-21-18)6-20-16(14)15-10(19)5-9-13-11(22-15)3-2-4-12(13)23-17-9/h8,10-16,19H,2-7H2,1H3/t8-,10-,11+,12-,13+,14+,15+,16+/m1/s1. The van der Waals surface area contributed by atoms with E-state index in [1.165, 1.54) is 0 Å². The highest BCUT2D eigenvalue weighted by molar-refractivity contribution is 5.89. The van der Waals surface area contributed by atoms with Crippen LogP contribution in [-0.2, 0) is 19.1 Å². The van der Waals surface area contributed by atoms with Gasteiger partial charge in [-0.2, -0.15) is 5.06 Å². The van der Waals surface area contributed by atoms with E-state index in [1.54, 1.807) is 0 Å². The predicted molar refractivity (Wildman–Crippen MR) is 79.7 cm³/mol. The van der Waals surface area contributed by atoms with Crippen molar-refractivity contribution in [3.8, 4) is 0 Å². The number of hydrogen-bond donors (Lipinski definition) is 1. The van der Waals surface area contributed by atoms with E-state index in [4.69, 9.17) is 19.1 Å². The lowest BCUT2D eigenvalue weighted by atomic mass is 9.80. The van der Waals surface area contributed by atoms with Crippen LogP contribution in [0.15, 0.2) is 5.16 Å². The van der Waals surface area contributed by atoms with Gasteiger partial charge in [0.1, 0.15) is 18.3 Å². The molecular formula is C16H24N2O5. The monoisotopic (exact) mass is 324 g/mol. The summed E-state index contributed by atoms with van der Waals surface area (Å²) < 4.78 is 12.5. The second-order valence-corrected chi connectivity index (χ2v) is 7.48. The Kier molecular flexibility index (Phi) is 3.42. The zero-order valence-electron chi connectivity index (χ0n) is 13.3. The van der Waals surface area contributed by atoms with E-state index in [0.29, 0.717) is 25.6 Å². The molecule has 0 unspecified atom stereocenters. The second kappa shape index (κ2) is 5.39. The maximum atomic E-state index is 10.8. The molecule has 0 amide bonds. The summed E-state index contributed by atoms with van der Waals surface area (Å²) >= 11 is 0. The highest BCUT2D eigenvalue weighted by Crippen LogP contribution is 2.42. The molecule has 0 spiro atoms. The number of hydrogen-bond acceptors (Lipinski definition) is 7. The lowest BCUT2D eigenvalue weighted by molar-refractivity contribution is -0.187. The minimum atomic E-state index is -0.612. The summed E-state index contributed by atoms with van der Waals surface area (Å²) in [6.45, 7) is 1.36. The Labute approximate surface area is 135 Å². The van der Waals surface area contributed by atoms with Crippen molar-refractivity contribution in [2.45, 2.75) is 62.2 Å². The first kappa shape index (κ1) is 14.6. The van der Waals surface area contributed by atoms with Gasteiger partial charge in [0, 0.05) is 19.4 Å². The molecule has 5 rings (SSSR count). The maximum Gasteiger partial charge on any atom is 0.138 e. The van der Waals surface area contributed by atoms with Crippen LogP contribution in [0, 0.1) is 11.8 Å². The first-order valence-electron chi connectivity index (χ1n) is 8.76. The van der Waals surface area contributed by atoms with Crippen molar-refractivity contribution in [2.75, 3.05) is 20.3 Å². The van der Waals surface area contributed by atoms with Gasteiger partial charge in [-0.05, 0) is 19.3 Å². The fourth-order valence-electron chi connectivity index (χ4n) is 5.05. The Bertz CT molecular complexity index is 515. The van der Waals surface area contributed by atoms with Crippen molar-refractivity contribution in [1.29, 1.82) is 0 Å². The number of oxime groups is 1. The molecule has 0 aromatic carbocycles. The summed E-state index contributed by atoms with van der Waals surface area (Å²) in [7, 11) is 1.94. The Hall–Kier alpha value is -0.730. The molecule has 23 heavy (non-hydrogen) atoms. The fraction of sp³-hybridized carbons (Fsp3) is 0.938. The molecule has 4 aliphatic heterocycles. The summed E-state index contributed by atoms with van der Waals surface area (Å²) in [4.78, 5) is 11.2. The molecule has 0 aromatic rings. The summed E-state index contributed by atoms with van der Waals surface area (Å²) in [5.41, 5.74) is 0.972. The van der Waals surface area contributed by atoms with Crippen molar-refractivity contribution in [2.24, 2.45) is 17.0 Å². The third-order valence-corrected chi connectivity index (χ3v) is 6.16. The smallest absolute Gasteiger partial charge is 0.138 e. The van der Waals surface area contributed by atoms with E-state index in [2.05, 4.69) is 5.16 Å². The van der Waals surface area contributed by atoms with Crippen LogP contribution in [0.5, 0.6) is 0 Å². The molecule has 128 valence electrons. The van der Waals surface area contributed by atoms with Gasteiger partial charge in [-0.3, -0.25) is 4.84 Å². The van der Waals surface area contributed by atoms with Crippen molar-refractivity contribution < 1.29 is 24.3 Å². The first-order valence-corrected chi connectivity index (χ1v) is 8.76. The molecular weight excluding hydrogens is 300 g/mol. The molecule has 7 heteroatoms. The Morgan fingerprint density at radius 2 is 2.04 bits per heavy atom. The van der Waals surface area contributed by atoms with E-state index < -0.39 is 6.10 Å². The molecule has 8 atom stereocenters. The molecule has 0 aromatic heterocycles. The van der Waals surface area contributed by atoms with Gasteiger partial charge in [0.15, 0.2) is 0 Å². The topological polar surface area (TPSA) is 72.8 Å². The number of hydroxylamine groups is 2. The highest BCUT2D eigenvalue weighted by Gasteiger charge is 2.54. The lowest BCUT2D eigenvalue weighted by Gasteiger charge is -2.36. The Morgan fingerprint density at radius 1 is 1.17 bits per heavy atom. The lowest BCUT2D eigenvalue weighted by Crippen LogP contribution is -2.50. The van der Waals surface area contributed by atoms with Crippen molar-refractivity contribution in [1.82, 2.24) is 5.06 Å². The molecule has 4 fully saturated rings. The van der Waals surface area contributed by atoms with Gasteiger partial charge in [-0.15, -0.1) is 0 Å². The summed E-state index contributed by atoms with van der Waals surface area (Å²) in [6.07, 6.45) is 2.74. The van der Waals surface area contributed by atoms with Gasteiger partial charge < -0.3 is 19.4 Å². The molecule has 0 bridgehead atoms. The molecule has 1 aliphatic carbocycles. The predicted octanol–water partition coefficient (Wildman–Crippen LogP) is 0.320. The van der Waals surface area contributed by atoms with E-state index >= 15 is 0 Å². The maximum absolute atomic E-state index is 10.8. The number of rotatable bonds is 1. The normalized spacial score (nSPS) is 52.5. The van der Waals surface area contributed by atoms with Crippen molar-refractivity contribution >= 4 is 5.71 Å². The van der Waals surface area contributed by atoms with E-state index in [0.717, 1.165) is 25.0 Å². The van der Waals surface area contributed by atoms with Crippen LogP contribution < -0.4 is 0 Å². The first-order chi connectivity index (χ1) is 11.2. The zero-order chi connectivity index (χ0) is 15.6. The third-order valence-electron chi connectivity index (χ3n) is 6.16. The van der Waals surface area contributed by atoms with Crippen molar-refractivity contribution in [3.63, 3.8) is 0 Å². The summed E-state index contributed by atoms with van der Waals surface area (Å²) in [5.74, 6) is 0.571. The minimum absolute atomic E-state index is 0.0763. The van der Waals surface area contributed by atoms with Gasteiger partial charge >= 0.3 is 0 Å². The summed E-state index contributed by atoms with van der Waals surface area (Å²) in [5, 5.41) is 16.9. The van der Waals surface area contributed by atoms with Gasteiger partial charge in [-0.1, -0.05) is 5.16 Å². The van der Waals surface area contributed by atoms with E-state index in [9.17, 15) is 5.11 Å². The van der Waals surface area contributed by atoms with E-state index in [-0.39, 0.29) is 36.4 Å². The fourth-order valence-corrected chi connectivity index (χ4v) is 5.05. The van der Waals surface area contributed by atoms with Crippen LogP contribution >= 0.6 is 0 Å². The molecule has 0 radical (unpaired) electrons. The van der Waals surface area contributed by atoms with Crippen LogP contribution in [0.1, 0.15) is 25.7 Å². The number of aliphatic hydroxyl groups is 1. The average Bonchev–Trinajstić information content (AvgIpc) is 3.20. The van der Waals surface area contributed by atoms with E-state index in [1.807, 2.05) is 12.1 Å². The third kappa shape index (κ3) is 2.17. The van der Waals surface area contributed by atoms with Gasteiger partial charge in [0.05, 0.1) is 43.1 Å². The van der Waals surface area contributed by atoms with Crippen LogP contribution in [-0.4, -0.2) is 72.7 Å². The average molecular weight is 324 g/mol. The molecule has 1 N–H and O–H groups in total. The SMILES string of the molecule is CN1OC[C@H]2CO[C@H]([C@H]3O[C@H]4CCC[C@H]5ON=C(C[C@H]3O)[C@@H]45)[C@H]21. The number of nitrogens with zero attached hydrogens (tertiary/aromatic N) is 2. The van der Waals surface area contributed by atoms with Crippen LogP contribution in [0.3, 0.4) is 0 Å². The number of fused-ring (bicyclic) bond motifs is 1. The largest absolute Gasteiger partial charge is 0.392 e. The molecule has 4 heterocycles. The van der Waals surface area contributed by atoms with Crippen LogP contribution in [0.25, 0.3) is 0 Å². The Balaban J connectivity index is 1.42. The number of aliphatic hydroxyl groups excluding tert-OH is 1.